The predicted octanol–water partition coefficient (Wildman–Crippen LogP) is 2.38. The second-order valence-electron chi connectivity index (χ2n) is 7.03. The van der Waals surface area contributed by atoms with Gasteiger partial charge in [-0.15, -0.1) is 0 Å². The van der Waals surface area contributed by atoms with Crippen molar-refractivity contribution in [1.29, 1.82) is 0 Å². The smallest absolute Gasteiger partial charge is 0.309 e. The largest absolute Gasteiger partial charge is 0.459 e. The van der Waals surface area contributed by atoms with Crippen molar-refractivity contribution in [1.82, 2.24) is 0 Å². The number of esters is 2. The molecular weight excluding hydrogens is 284 g/mol. The van der Waals surface area contributed by atoms with Gasteiger partial charge in [0, 0.05) is 12.8 Å². The van der Waals surface area contributed by atoms with Gasteiger partial charge < -0.3 is 14.2 Å². The van der Waals surface area contributed by atoms with Gasteiger partial charge in [0.15, 0.2) is 0 Å². The van der Waals surface area contributed by atoms with Crippen molar-refractivity contribution in [2.75, 3.05) is 0 Å². The summed E-state index contributed by atoms with van der Waals surface area (Å²) in [7, 11) is 0. The maximum Gasteiger partial charge on any atom is 0.309 e. The van der Waals surface area contributed by atoms with Crippen LogP contribution in [0.1, 0.15) is 47.0 Å². The van der Waals surface area contributed by atoms with E-state index in [9.17, 15) is 9.59 Å². The summed E-state index contributed by atoms with van der Waals surface area (Å²) >= 11 is 0. The monoisotopic (exact) mass is 308 g/mol. The van der Waals surface area contributed by atoms with Crippen molar-refractivity contribution in [3.8, 4) is 0 Å². The Morgan fingerprint density at radius 3 is 2.86 bits per heavy atom. The molecule has 5 nitrogen and oxygen atoms in total. The topological polar surface area (TPSA) is 65.1 Å². The molecule has 0 unspecified atom stereocenters. The van der Waals surface area contributed by atoms with Crippen LogP contribution in [0.25, 0.3) is 0 Å². The SMILES string of the molecule is CC(=O)O[C@@H]1C[C@H]2[C@H](OC(=O)[C@@H]2C)[C@@H]2O[C@]2(C)CC/C=C/1C. The Balaban J connectivity index is 1.89. The molecule has 3 rings (SSSR count). The molecule has 0 aromatic rings. The van der Waals surface area contributed by atoms with Crippen molar-refractivity contribution in [3.63, 3.8) is 0 Å². The first-order valence-corrected chi connectivity index (χ1v) is 8.04. The summed E-state index contributed by atoms with van der Waals surface area (Å²) < 4.78 is 17.0. The van der Waals surface area contributed by atoms with Gasteiger partial charge in [0.25, 0.3) is 0 Å². The average molecular weight is 308 g/mol. The molecule has 0 amide bonds. The molecule has 22 heavy (non-hydrogen) atoms. The van der Waals surface area contributed by atoms with Gasteiger partial charge >= 0.3 is 11.9 Å². The van der Waals surface area contributed by atoms with Crippen LogP contribution < -0.4 is 0 Å². The van der Waals surface area contributed by atoms with E-state index in [4.69, 9.17) is 14.2 Å². The normalized spacial score (nSPS) is 46.6. The first kappa shape index (κ1) is 15.5. The van der Waals surface area contributed by atoms with Crippen molar-refractivity contribution in [3.05, 3.63) is 11.6 Å². The fourth-order valence-electron chi connectivity index (χ4n) is 3.78. The van der Waals surface area contributed by atoms with Gasteiger partial charge in [-0.05, 0) is 38.7 Å². The van der Waals surface area contributed by atoms with E-state index in [2.05, 4.69) is 13.0 Å². The number of hydrogen-bond acceptors (Lipinski definition) is 5. The summed E-state index contributed by atoms with van der Waals surface area (Å²) in [6, 6.07) is 0. The maximum atomic E-state index is 12.0. The van der Waals surface area contributed by atoms with Gasteiger partial charge in [0.1, 0.15) is 18.3 Å². The lowest BCUT2D eigenvalue weighted by atomic mass is 9.80. The maximum absolute atomic E-state index is 12.0. The fourth-order valence-corrected chi connectivity index (χ4v) is 3.78. The molecule has 2 aliphatic heterocycles. The van der Waals surface area contributed by atoms with Crippen LogP contribution in [0.4, 0.5) is 0 Å². The number of fused-ring (bicyclic) bond motifs is 3. The molecule has 0 spiro atoms. The summed E-state index contributed by atoms with van der Waals surface area (Å²) in [6.07, 6.45) is 3.95. The lowest BCUT2D eigenvalue weighted by Gasteiger charge is -2.26. The number of carbonyl (C=O) groups is 2. The third-order valence-electron chi connectivity index (χ3n) is 5.34. The number of rotatable bonds is 1. The Hall–Kier alpha value is -1.36. The lowest BCUT2D eigenvalue weighted by molar-refractivity contribution is -0.146. The molecule has 2 fully saturated rings. The second kappa shape index (κ2) is 5.37. The van der Waals surface area contributed by atoms with Gasteiger partial charge in [-0.25, -0.2) is 0 Å². The Morgan fingerprint density at radius 2 is 2.18 bits per heavy atom. The zero-order chi connectivity index (χ0) is 16.1. The molecule has 0 bridgehead atoms. The Kier molecular flexibility index (Phi) is 3.79. The Bertz CT molecular complexity index is 525. The standard InChI is InChI=1S/C17H24O5/c1-9-6-5-7-17(4)15(22-17)14-12(10(2)16(19)21-14)8-13(9)20-11(3)18/h6,10,12-15H,5,7-8H2,1-4H3/b9-6+/t10-,12-,13-,14+,15+,17-/m1/s1. The minimum absolute atomic E-state index is 0.0186. The van der Waals surface area contributed by atoms with Crippen LogP contribution in [0.15, 0.2) is 11.6 Å². The second-order valence-corrected chi connectivity index (χ2v) is 7.03. The Morgan fingerprint density at radius 1 is 1.45 bits per heavy atom. The van der Waals surface area contributed by atoms with Crippen molar-refractivity contribution < 1.29 is 23.8 Å². The molecule has 0 saturated carbocycles. The van der Waals surface area contributed by atoms with Crippen LogP contribution in [0.3, 0.4) is 0 Å². The number of carbonyl (C=O) groups excluding carboxylic acids is 2. The van der Waals surface area contributed by atoms with Gasteiger partial charge in [-0.1, -0.05) is 13.0 Å². The van der Waals surface area contributed by atoms with E-state index in [1.165, 1.54) is 6.92 Å². The molecule has 0 radical (unpaired) electrons. The van der Waals surface area contributed by atoms with E-state index in [1.807, 2.05) is 13.8 Å². The molecule has 3 aliphatic rings. The Labute approximate surface area is 131 Å². The molecule has 122 valence electrons. The van der Waals surface area contributed by atoms with Gasteiger partial charge in [-0.3, -0.25) is 9.59 Å². The van der Waals surface area contributed by atoms with Gasteiger partial charge in [-0.2, -0.15) is 0 Å². The van der Waals surface area contributed by atoms with Crippen molar-refractivity contribution in [2.45, 2.75) is 70.9 Å². The van der Waals surface area contributed by atoms with Crippen LogP contribution in [0.5, 0.6) is 0 Å². The number of hydrogen-bond donors (Lipinski definition) is 0. The van der Waals surface area contributed by atoms with E-state index < -0.39 is 0 Å². The van der Waals surface area contributed by atoms with E-state index in [-0.39, 0.29) is 47.7 Å². The number of allylic oxidation sites excluding steroid dienone is 1. The zero-order valence-electron chi connectivity index (χ0n) is 13.6. The lowest BCUT2D eigenvalue weighted by Crippen LogP contribution is -2.34. The van der Waals surface area contributed by atoms with Crippen LogP contribution in [0.2, 0.25) is 0 Å². The third-order valence-corrected chi connectivity index (χ3v) is 5.34. The first-order chi connectivity index (χ1) is 10.3. The quantitative estimate of drug-likeness (QED) is 0.423. The molecule has 2 heterocycles. The van der Waals surface area contributed by atoms with Crippen LogP contribution in [-0.4, -0.2) is 35.9 Å². The summed E-state index contributed by atoms with van der Waals surface area (Å²) in [5.41, 5.74) is 0.849. The summed E-state index contributed by atoms with van der Waals surface area (Å²) in [5.74, 6) is -0.638. The van der Waals surface area contributed by atoms with Crippen LogP contribution in [0, 0.1) is 11.8 Å². The molecule has 5 heteroatoms. The highest BCUT2D eigenvalue weighted by molar-refractivity contribution is 5.75. The van der Waals surface area contributed by atoms with E-state index >= 15 is 0 Å². The van der Waals surface area contributed by atoms with Gasteiger partial charge in [0.2, 0.25) is 0 Å². The first-order valence-electron chi connectivity index (χ1n) is 8.04. The predicted molar refractivity (Wildman–Crippen MR) is 79.0 cm³/mol. The zero-order valence-corrected chi connectivity index (χ0v) is 13.6. The van der Waals surface area contributed by atoms with E-state index in [0.717, 1.165) is 18.4 Å². The van der Waals surface area contributed by atoms with Crippen LogP contribution in [-0.2, 0) is 23.8 Å². The van der Waals surface area contributed by atoms with Crippen molar-refractivity contribution >= 4 is 11.9 Å². The summed E-state index contributed by atoms with van der Waals surface area (Å²) in [5, 5.41) is 0. The molecule has 0 N–H and O–H groups in total. The van der Waals surface area contributed by atoms with E-state index in [1.54, 1.807) is 0 Å². The highest BCUT2D eigenvalue weighted by Crippen LogP contribution is 2.50. The minimum atomic E-state index is -0.295. The molecule has 0 aromatic carbocycles. The van der Waals surface area contributed by atoms with Gasteiger partial charge in [0.05, 0.1) is 11.5 Å². The van der Waals surface area contributed by atoms with Crippen molar-refractivity contribution in [2.24, 2.45) is 11.8 Å². The third kappa shape index (κ3) is 2.67. The highest BCUT2D eigenvalue weighted by atomic mass is 16.6. The molecule has 1 aliphatic carbocycles. The number of ether oxygens (including phenoxy) is 3. The number of epoxide rings is 1. The average Bonchev–Trinajstić information content (AvgIpc) is 3.02. The fraction of sp³-hybridized carbons (Fsp3) is 0.765. The molecule has 2 saturated heterocycles. The summed E-state index contributed by atoms with van der Waals surface area (Å²) in [6.45, 7) is 7.38. The summed E-state index contributed by atoms with van der Waals surface area (Å²) in [4.78, 5) is 23.4. The minimum Gasteiger partial charge on any atom is -0.459 e. The highest BCUT2D eigenvalue weighted by Gasteiger charge is 2.62. The van der Waals surface area contributed by atoms with E-state index in [0.29, 0.717) is 6.42 Å². The molecular formula is C17H24O5. The molecule has 6 atom stereocenters. The molecule has 0 aromatic heterocycles. The van der Waals surface area contributed by atoms with Crippen LogP contribution >= 0.6 is 0 Å².